The molecule has 0 aliphatic heterocycles. The van der Waals surface area contributed by atoms with Crippen LogP contribution in [0, 0.1) is 0 Å². The Morgan fingerprint density at radius 3 is 2.74 bits per heavy atom. The van der Waals surface area contributed by atoms with Crippen LogP contribution in [0.15, 0.2) is 12.1 Å². The van der Waals surface area contributed by atoms with E-state index in [1.807, 2.05) is 4.57 Å². The summed E-state index contributed by atoms with van der Waals surface area (Å²) in [4.78, 5) is 16.1. The zero-order chi connectivity index (χ0) is 13.6. The average molecular weight is 299 g/mol. The van der Waals surface area contributed by atoms with E-state index in [0.717, 1.165) is 29.7 Å². The Hall–Kier alpha value is -1.26. The first-order valence-electron chi connectivity index (χ1n) is 6.02. The number of fused-ring (bicyclic) bond motifs is 1. The number of benzene rings is 1. The van der Waals surface area contributed by atoms with Crippen molar-refractivity contribution in [3.63, 3.8) is 0 Å². The van der Waals surface area contributed by atoms with Crippen molar-refractivity contribution in [2.75, 3.05) is 7.11 Å². The molecule has 1 fully saturated rings. The lowest BCUT2D eigenvalue weighted by Gasteiger charge is -2.07. The Labute approximate surface area is 120 Å². The molecule has 19 heavy (non-hydrogen) atoms. The lowest BCUT2D eigenvalue weighted by Crippen LogP contribution is -2.13. The number of aromatic nitrogens is 2. The fraction of sp³-hybridized carbons (Fsp3) is 0.385. The van der Waals surface area contributed by atoms with Gasteiger partial charge in [0, 0.05) is 5.92 Å². The van der Waals surface area contributed by atoms with Crippen molar-refractivity contribution in [1.82, 2.24) is 9.55 Å². The van der Waals surface area contributed by atoms with Crippen molar-refractivity contribution >= 4 is 40.2 Å². The smallest absolute Gasteiger partial charge is 0.325 e. The van der Waals surface area contributed by atoms with Crippen LogP contribution in [0.1, 0.15) is 24.6 Å². The number of carbonyl (C=O) groups is 1. The van der Waals surface area contributed by atoms with E-state index in [9.17, 15) is 4.79 Å². The largest absolute Gasteiger partial charge is 0.468 e. The number of rotatable bonds is 3. The first-order valence-corrected chi connectivity index (χ1v) is 6.77. The van der Waals surface area contributed by atoms with Gasteiger partial charge in [0.1, 0.15) is 12.4 Å². The van der Waals surface area contributed by atoms with Crippen molar-refractivity contribution in [3.8, 4) is 0 Å². The summed E-state index contributed by atoms with van der Waals surface area (Å²) in [5.41, 5.74) is 1.59. The van der Waals surface area contributed by atoms with Gasteiger partial charge in [-0.3, -0.25) is 4.79 Å². The Kier molecular flexibility index (Phi) is 3.15. The van der Waals surface area contributed by atoms with Gasteiger partial charge in [-0.2, -0.15) is 0 Å². The summed E-state index contributed by atoms with van der Waals surface area (Å²) in [7, 11) is 1.38. The molecule has 3 rings (SSSR count). The minimum absolute atomic E-state index is 0.150. The van der Waals surface area contributed by atoms with E-state index in [4.69, 9.17) is 27.9 Å². The maximum absolute atomic E-state index is 11.5. The Bertz CT molecular complexity index is 662. The molecular weight excluding hydrogens is 287 g/mol. The summed E-state index contributed by atoms with van der Waals surface area (Å²) in [5, 5.41) is 0.932. The molecule has 0 unspecified atom stereocenters. The molecule has 0 spiro atoms. The molecule has 0 radical (unpaired) electrons. The van der Waals surface area contributed by atoms with Crippen molar-refractivity contribution in [3.05, 3.63) is 28.0 Å². The third-order valence-electron chi connectivity index (χ3n) is 3.28. The normalized spacial score (nSPS) is 14.9. The quantitative estimate of drug-likeness (QED) is 0.816. The monoisotopic (exact) mass is 298 g/mol. The van der Waals surface area contributed by atoms with Crippen LogP contribution in [-0.2, 0) is 16.1 Å². The maximum Gasteiger partial charge on any atom is 0.325 e. The minimum atomic E-state index is -0.299. The first kappa shape index (κ1) is 12.8. The fourth-order valence-corrected chi connectivity index (χ4v) is 2.47. The summed E-state index contributed by atoms with van der Waals surface area (Å²) in [6.07, 6.45) is 2.21. The number of imidazole rings is 1. The molecule has 1 aromatic carbocycles. The van der Waals surface area contributed by atoms with Gasteiger partial charge in [-0.05, 0) is 25.0 Å². The topological polar surface area (TPSA) is 44.1 Å². The molecular formula is C13H12Cl2N2O2. The van der Waals surface area contributed by atoms with E-state index in [-0.39, 0.29) is 12.5 Å². The Morgan fingerprint density at radius 1 is 1.42 bits per heavy atom. The molecule has 1 saturated carbocycles. The van der Waals surface area contributed by atoms with Gasteiger partial charge < -0.3 is 9.30 Å². The summed E-state index contributed by atoms with van der Waals surface area (Å²) in [6, 6.07) is 3.49. The predicted octanol–water partition coefficient (Wildman–Crippen LogP) is 3.39. The average Bonchev–Trinajstić information content (AvgIpc) is 3.17. The second-order valence-electron chi connectivity index (χ2n) is 4.66. The van der Waals surface area contributed by atoms with Crippen LogP contribution in [0.25, 0.3) is 11.0 Å². The molecule has 4 nitrogen and oxygen atoms in total. The van der Waals surface area contributed by atoms with E-state index in [0.29, 0.717) is 16.0 Å². The van der Waals surface area contributed by atoms with Gasteiger partial charge in [0.25, 0.3) is 0 Å². The highest BCUT2D eigenvalue weighted by Gasteiger charge is 2.30. The van der Waals surface area contributed by atoms with Crippen molar-refractivity contribution < 1.29 is 9.53 Å². The van der Waals surface area contributed by atoms with Gasteiger partial charge in [0.2, 0.25) is 0 Å². The van der Waals surface area contributed by atoms with E-state index in [1.54, 1.807) is 12.1 Å². The lowest BCUT2D eigenvalue weighted by molar-refractivity contribution is -0.141. The van der Waals surface area contributed by atoms with E-state index < -0.39 is 0 Å². The van der Waals surface area contributed by atoms with Gasteiger partial charge in [0.15, 0.2) is 0 Å². The van der Waals surface area contributed by atoms with Crippen LogP contribution in [-0.4, -0.2) is 22.6 Å². The first-order chi connectivity index (χ1) is 9.10. The fourth-order valence-electron chi connectivity index (χ4n) is 2.15. The third-order valence-corrected chi connectivity index (χ3v) is 4.00. The Balaban J connectivity index is 2.16. The van der Waals surface area contributed by atoms with Gasteiger partial charge in [-0.25, -0.2) is 4.98 Å². The molecule has 0 bridgehead atoms. The highest BCUT2D eigenvalue weighted by atomic mass is 35.5. The van der Waals surface area contributed by atoms with E-state index in [2.05, 4.69) is 4.98 Å². The predicted molar refractivity (Wildman–Crippen MR) is 73.7 cm³/mol. The molecule has 1 aromatic heterocycles. The van der Waals surface area contributed by atoms with Crippen LogP contribution >= 0.6 is 23.2 Å². The molecule has 0 N–H and O–H groups in total. The number of methoxy groups -OCH3 is 1. The molecule has 2 aromatic rings. The SMILES string of the molecule is COC(=O)Cn1c(C2CC2)nc2cc(Cl)c(Cl)cc21. The molecule has 0 saturated heterocycles. The molecule has 100 valence electrons. The maximum atomic E-state index is 11.5. The number of esters is 1. The minimum Gasteiger partial charge on any atom is -0.468 e. The molecule has 6 heteroatoms. The number of nitrogens with zero attached hydrogens (tertiary/aromatic N) is 2. The second-order valence-corrected chi connectivity index (χ2v) is 5.48. The number of hydrogen-bond acceptors (Lipinski definition) is 3. The Morgan fingerprint density at radius 2 is 2.11 bits per heavy atom. The molecule has 1 heterocycles. The van der Waals surface area contributed by atoms with E-state index >= 15 is 0 Å². The molecule has 0 atom stereocenters. The van der Waals surface area contributed by atoms with Crippen molar-refractivity contribution in [1.29, 1.82) is 0 Å². The lowest BCUT2D eigenvalue weighted by atomic mass is 10.3. The van der Waals surface area contributed by atoms with Crippen molar-refractivity contribution in [2.24, 2.45) is 0 Å². The summed E-state index contributed by atoms with van der Waals surface area (Å²) in [6.45, 7) is 0.150. The van der Waals surface area contributed by atoms with Gasteiger partial charge in [0.05, 0.1) is 28.2 Å². The second kappa shape index (κ2) is 4.69. The van der Waals surface area contributed by atoms with Crippen LogP contribution in [0.5, 0.6) is 0 Å². The number of halogens is 2. The summed E-state index contributed by atoms with van der Waals surface area (Å²) in [5.74, 6) is 1.04. The highest BCUT2D eigenvalue weighted by molar-refractivity contribution is 6.42. The molecule has 1 aliphatic rings. The van der Waals surface area contributed by atoms with Crippen LogP contribution in [0.4, 0.5) is 0 Å². The van der Waals surface area contributed by atoms with E-state index in [1.165, 1.54) is 7.11 Å². The third kappa shape index (κ3) is 2.30. The highest BCUT2D eigenvalue weighted by Crippen LogP contribution is 2.41. The zero-order valence-corrected chi connectivity index (χ0v) is 11.8. The number of hydrogen-bond donors (Lipinski definition) is 0. The molecule has 0 amide bonds. The van der Waals surface area contributed by atoms with Crippen molar-refractivity contribution in [2.45, 2.75) is 25.3 Å². The number of carbonyl (C=O) groups excluding carboxylic acids is 1. The van der Waals surface area contributed by atoms with Gasteiger partial charge in [-0.1, -0.05) is 23.2 Å². The van der Waals surface area contributed by atoms with Gasteiger partial charge >= 0.3 is 5.97 Å². The van der Waals surface area contributed by atoms with Crippen LogP contribution < -0.4 is 0 Å². The zero-order valence-electron chi connectivity index (χ0n) is 10.3. The molecule has 1 aliphatic carbocycles. The number of ether oxygens (including phenoxy) is 1. The summed E-state index contributed by atoms with van der Waals surface area (Å²) >= 11 is 12.0. The van der Waals surface area contributed by atoms with Crippen LogP contribution in [0.3, 0.4) is 0 Å². The van der Waals surface area contributed by atoms with Crippen LogP contribution in [0.2, 0.25) is 10.0 Å². The summed E-state index contributed by atoms with van der Waals surface area (Å²) < 4.78 is 6.61. The van der Waals surface area contributed by atoms with Gasteiger partial charge in [-0.15, -0.1) is 0 Å². The standard InChI is InChI=1S/C13H12Cl2N2O2/c1-19-12(18)6-17-11-5-9(15)8(14)4-10(11)16-13(17)7-2-3-7/h4-5,7H,2-3,6H2,1H3.